The molecule has 1 fully saturated rings. The van der Waals surface area contributed by atoms with E-state index in [0.29, 0.717) is 40.1 Å². The number of imide groups is 1. The van der Waals surface area contributed by atoms with Gasteiger partial charge in [-0.1, -0.05) is 35.9 Å². The van der Waals surface area contributed by atoms with Crippen LogP contribution < -0.4 is 24.4 Å². The number of urea groups is 1. The van der Waals surface area contributed by atoms with Crippen LogP contribution in [0.25, 0.3) is 6.08 Å². The van der Waals surface area contributed by atoms with Gasteiger partial charge in [-0.2, -0.15) is 0 Å². The molecule has 0 aromatic heterocycles. The van der Waals surface area contributed by atoms with E-state index in [0.717, 1.165) is 10.5 Å². The highest BCUT2D eigenvalue weighted by atomic mass is 35.5. The number of amides is 3. The minimum atomic E-state index is -0.522. The van der Waals surface area contributed by atoms with E-state index in [4.69, 9.17) is 25.8 Å². The molecule has 3 amide bonds. The van der Waals surface area contributed by atoms with Crippen molar-refractivity contribution in [2.24, 2.45) is 0 Å². The Kier molecular flexibility index (Phi) is 7.04. The van der Waals surface area contributed by atoms with Crippen LogP contribution in [0.2, 0.25) is 5.02 Å². The predicted molar refractivity (Wildman–Crippen MR) is 130 cm³/mol. The molecular weight excluding hydrogens is 456 g/mol. The normalized spacial score (nSPS) is 14.3. The molecule has 0 saturated carbocycles. The molecule has 0 atom stereocenters. The second kappa shape index (κ2) is 10.3. The van der Waals surface area contributed by atoms with Crippen molar-refractivity contribution in [1.29, 1.82) is 0 Å². The maximum Gasteiger partial charge on any atom is 0.333 e. The lowest BCUT2D eigenvalue weighted by molar-refractivity contribution is -0.113. The number of benzene rings is 3. The van der Waals surface area contributed by atoms with Crippen LogP contribution in [-0.4, -0.2) is 25.7 Å². The van der Waals surface area contributed by atoms with Gasteiger partial charge < -0.3 is 19.5 Å². The summed E-state index contributed by atoms with van der Waals surface area (Å²) < 4.78 is 16.8. The first-order chi connectivity index (χ1) is 16.5. The zero-order valence-electron chi connectivity index (χ0n) is 18.7. The molecular formula is C26H23ClN2O5. The molecule has 7 nitrogen and oxygen atoms in total. The molecule has 34 heavy (non-hydrogen) atoms. The number of nitrogens with zero attached hydrogens (tertiary/aromatic N) is 1. The molecule has 4 rings (SSSR count). The second-order valence-corrected chi connectivity index (χ2v) is 7.75. The first-order valence-electron chi connectivity index (χ1n) is 10.6. The Morgan fingerprint density at radius 3 is 2.44 bits per heavy atom. The molecule has 0 unspecified atom stereocenters. The van der Waals surface area contributed by atoms with E-state index in [1.165, 1.54) is 0 Å². The maximum absolute atomic E-state index is 12.9. The Morgan fingerprint density at radius 1 is 0.971 bits per heavy atom. The smallest absolute Gasteiger partial charge is 0.333 e. The van der Waals surface area contributed by atoms with Crippen LogP contribution in [0.4, 0.5) is 10.5 Å². The number of hydrogen-bond donors (Lipinski definition) is 1. The largest absolute Gasteiger partial charge is 0.497 e. The summed E-state index contributed by atoms with van der Waals surface area (Å²) >= 11 is 6.21. The van der Waals surface area contributed by atoms with Gasteiger partial charge in [-0.3, -0.25) is 4.79 Å². The number of halogens is 1. The van der Waals surface area contributed by atoms with Crippen molar-refractivity contribution in [3.8, 4) is 17.2 Å². The van der Waals surface area contributed by atoms with Gasteiger partial charge in [0.1, 0.15) is 18.1 Å². The van der Waals surface area contributed by atoms with E-state index in [1.807, 2.05) is 25.1 Å². The molecule has 0 radical (unpaired) electrons. The van der Waals surface area contributed by atoms with Crippen LogP contribution in [-0.2, 0) is 11.4 Å². The van der Waals surface area contributed by atoms with Crippen molar-refractivity contribution in [3.05, 3.63) is 88.6 Å². The van der Waals surface area contributed by atoms with Crippen LogP contribution in [0.1, 0.15) is 18.1 Å². The van der Waals surface area contributed by atoms with Gasteiger partial charge in [-0.25, -0.2) is 9.69 Å². The topological polar surface area (TPSA) is 77.1 Å². The third-order valence-corrected chi connectivity index (χ3v) is 5.50. The van der Waals surface area contributed by atoms with E-state index in [1.54, 1.807) is 61.7 Å². The number of carbonyl (C=O) groups is 2. The quantitative estimate of drug-likeness (QED) is 0.345. The minimum absolute atomic E-state index is 0.160. The number of nitrogens with one attached hydrogen (secondary N) is 1. The first kappa shape index (κ1) is 23.2. The molecule has 0 spiro atoms. The molecule has 0 aliphatic carbocycles. The van der Waals surface area contributed by atoms with Gasteiger partial charge in [0, 0.05) is 10.6 Å². The zero-order chi connectivity index (χ0) is 24.1. The second-order valence-electron chi connectivity index (χ2n) is 7.35. The van der Waals surface area contributed by atoms with Crippen LogP contribution >= 0.6 is 11.6 Å². The highest BCUT2D eigenvalue weighted by molar-refractivity contribution is 6.31. The van der Waals surface area contributed by atoms with Gasteiger partial charge in [0.2, 0.25) is 0 Å². The van der Waals surface area contributed by atoms with Gasteiger partial charge in [0.15, 0.2) is 11.5 Å². The third kappa shape index (κ3) is 5.00. The first-order valence-corrected chi connectivity index (χ1v) is 11.0. The third-order valence-electron chi connectivity index (χ3n) is 5.13. The van der Waals surface area contributed by atoms with Crippen LogP contribution in [0, 0.1) is 0 Å². The summed E-state index contributed by atoms with van der Waals surface area (Å²) in [7, 11) is 1.55. The summed E-state index contributed by atoms with van der Waals surface area (Å²) in [4.78, 5) is 26.5. The molecule has 3 aromatic rings. The highest BCUT2D eigenvalue weighted by Gasteiger charge is 2.34. The molecule has 1 heterocycles. The van der Waals surface area contributed by atoms with Crippen molar-refractivity contribution >= 4 is 35.3 Å². The molecule has 174 valence electrons. The Morgan fingerprint density at radius 2 is 1.74 bits per heavy atom. The molecule has 1 aliphatic rings. The molecule has 0 bridgehead atoms. The zero-order valence-corrected chi connectivity index (χ0v) is 19.5. The fourth-order valence-electron chi connectivity index (χ4n) is 3.44. The number of anilines is 1. The Bertz CT molecular complexity index is 1240. The standard InChI is InChI=1S/C26H23ClN2O5/c1-3-33-24-15-17(8-13-23(24)34-16-18-6-4-5-7-21(18)27)14-22-25(30)29(26(31)28-22)19-9-11-20(32-2)12-10-19/h4-15H,3,16H2,1-2H3,(H,28,31)/b22-14-. The van der Waals surface area contributed by atoms with E-state index in [-0.39, 0.29) is 12.3 Å². The monoisotopic (exact) mass is 478 g/mol. The van der Waals surface area contributed by atoms with Gasteiger partial charge in [-0.15, -0.1) is 0 Å². The summed E-state index contributed by atoms with van der Waals surface area (Å²) in [5.74, 6) is 1.25. The van der Waals surface area contributed by atoms with Crippen molar-refractivity contribution in [2.45, 2.75) is 13.5 Å². The Labute approximate surface area is 202 Å². The predicted octanol–water partition coefficient (Wildman–Crippen LogP) is 5.42. The maximum atomic E-state index is 12.9. The lowest BCUT2D eigenvalue weighted by Crippen LogP contribution is -2.30. The number of carbonyl (C=O) groups excluding carboxylic acids is 2. The number of rotatable bonds is 8. The minimum Gasteiger partial charge on any atom is -0.497 e. The number of methoxy groups -OCH3 is 1. The molecule has 1 N–H and O–H groups in total. The molecule has 1 aliphatic heterocycles. The fourth-order valence-corrected chi connectivity index (χ4v) is 3.63. The molecule has 3 aromatic carbocycles. The van der Waals surface area contributed by atoms with Crippen LogP contribution in [0.15, 0.2) is 72.4 Å². The Balaban J connectivity index is 1.54. The SMILES string of the molecule is CCOc1cc(/C=C2\NC(=O)N(c3ccc(OC)cc3)C2=O)ccc1OCc1ccccc1Cl. The summed E-state index contributed by atoms with van der Waals surface area (Å²) in [6.07, 6.45) is 1.60. The van der Waals surface area contributed by atoms with E-state index in [2.05, 4.69) is 5.32 Å². The summed E-state index contributed by atoms with van der Waals surface area (Å²) in [5, 5.41) is 3.25. The average Bonchev–Trinajstić information content (AvgIpc) is 3.12. The summed E-state index contributed by atoms with van der Waals surface area (Å²) in [6.45, 7) is 2.59. The fraction of sp³-hybridized carbons (Fsp3) is 0.154. The van der Waals surface area contributed by atoms with Gasteiger partial charge in [0.25, 0.3) is 5.91 Å². The van der Waals surface area contributed by atoms with E-state index >= 15 is 0 Å². The van der Waals surface area contributed by atoms with Gasteiger partial charge in [-0.05, 0) is 61.0 Å². The Hall–Kier alpha value is -3.97. The summed E-state index contributed by atoms with van der Waals surface area (Å²) in [5.41, 5.74) is 2.14. The van der Waals surface area contributed by atoms with Crippen molar-refractivity contribution in [1.82, 2.24) is 5.32 Å². The molecule has 8 heteroatoms. The summed E-state index contributed by atoms with van der Waals surface area (Å²) in [6, 6.07) is 18.9. The highest BCUT2D eigenvalue weighted by Crippen LogP contribution is 2.31. The van der Waals surface area contributed by atoms with E-state index < -0.39 is 11.9 Å². The average molecular weight is 479 g/mol. The molecule has 1 saturated heterocycles. The van der Waals surface area contributed by atoms with Crippen LogP contribution in [0.3, 0.4) is 0 Å². The lowest BCUT2D eigenvalue weighted by Gasteiger charge is -2.13. The van der Waals surface area contributed by atoms with Crippen LogP contribution in [0.5, 0.6) is 17.2 Å². The van der Waals surface area contributed by atoms with Crippen molar-refractivity contribution in [3.63, 3.8) is 0 Å². The van der Waals surface area contributed by atoms with Gasteiger partial charge in [0.05, 0.1) is 19.4 Å². The van der Waals surface area contributed by atoms with Gasteiger partial charge >= 0.3 is 6.03 Å². The van der Waals surface area contributed by atoms with Crippen molar-refractivity contribution in [2.75, 3.05) is 18.6 Å². The van der Waals surface area contributed by atoms with E-state index in [9.17, 15) is 9.59 Å². The van der Waals surface area contributed by atoms with Crippen molar-refractivity contribution < 1.29 is 23.8 Å². The lowest BCUT2D eigenvalue weighted by atomic mass is 10.1. The number of ether oxygens (including phenoxy) is 3. The number of hydrogen-bond acceptors (Lipinski definition) is 5.